The predicted octanol–water partition coefficient (Wildman–Crippen LogP) is 5.54. The average Bonchev–Trinajstić information content (AvgIpc) is 3.03. The fourth-order valence-corrected chi connectivity index (χ4v) is 3.17. The highest BCUT2D eigenvalue weighted by atomic mass is 127. The molecule has 0 saturated heterocycles. The summed E-state index contributed by atoms with van der Waals surface area (Å²) in [6.45, 7) is 2.17. The van der Waals surface area contributed by atoms with Crippen molar-refractivity contribution in [1.29, 1.82) is 0 Å². The quantitative estimate of drug-likeness (QED) is 0.232. The second kappa shape index (κ2) is 9.54. The van der Waals surface area contributed by atoms with Crippen LogP contribution in [0.4, 0.5) is 24.5 Å². The SMILES string of the molecule is Cc1c(I)cnn1CCC(=O)Nc1cc(Oc2cccc(C(F)(F)F)c2)cc([N+](=O)[O-])c1. The van der Waals surface area contributed by atoms with Crippen LogP contribution < -0.4 is 10.1 Å². The van der Waals surface area contributed by atoms with E-state index in [2.05, 4.69) is 33.0 Å². The number of rotatable bonds is 7. The van der Waals surface area contributed by atoms with E-state index < -0.39 is 22.6 Å². The first-order valence-electron chi connectivity index (χ1n) is 9.15. The van der Waals surface area contributed by atoms with Crippen molar-refractivity contribution in [3.05, 3.63) is 73.6 Å². The van der Waals surface area contributed by atoms with Gasteiger partial charge in [0.2, 0.25) is 5.91 Å². The first-order valence-corrected chi connectivity index (χ1v) is 10.2. The van der Waals surface area contributed by atoms with Crippen molar-refractivity contribution < 1.29 is 27.6 Å². The largest absolute Gasteiger partial charge is 0.457 e. The molecule has 0 aliphatic carbocycles. The minimum absolute atomic E-state index is 0.0606. The molecule has 0 atom stereocenters. The van der Waals surface area contributed by atoms with E-state index in [1.807, 2.05) is 6.92 Å². The summed E-state index contributed by atoms with van der Waals surface area (Å²) in [6.07, 6.45) is -2.83. The smallest absolute Gasteiger partial charge is 0.416 e. The number of benzene rings is 2. The van der Waals surface area contributed by atoms with Gasteiger partial charge in [0.05, 0.1) is 38.6 Å². The zero-order chi connectivity index (χ0) is 23.5. The van der Waals surface area contributed by atoms with Gasteiger partial charge in [0.15, 0.2) is 0 Å². The Morgan fingerprint density at radius 1 is 1.25 bits per heavy atom. The number of non-ortho nitro benzene ring substituents is 1. The van der Waals surface area contributed by atoms with E-state index in [0.717, 1.165) is 39.6 Å². The Hall–Kier alpha value is -3.16. The van der Waals surface area contributed by atoms with Gasteiger partial charge in [-0.3, -0.25) is 19.6 Å². The molecule has 1 aromatic heterocycles. The van der Waals surface area contributed by atoms with Crippen LogP contribution in [0.25, 0.3) is 0 Å². The Morgan fingerprint density at radius 3 is 2.62 bits per heavy atom. The maximum atomic E-state index is 12.9. The lowest BCUT2D eigenvalue weighted by atomic mass is 10.2. The molecular formula is C20H16F3IN4O4. The van der Waals surface area contributed by atoms with Crippen LogP contribution in [0.15, 0.2) is 48.7 Å². The molecule has 168 valence electrons. The van der Waals surface area contributed by atoms with E-state index in [4.69, 9.17) is 4.74 Å². The van der Waals surface area contributed by atoms with Crippen molar-refractivity contribution in [1.82, 2.24) is 9.78 Å². The number of amides is 1. The van der Waals surface area contributed by atoms with E-state index >= 15 is 0 Å². The molecule has 1 amide bonds. The van der Waals surface area contributed by atoms with Crippen molar-refractivity contribution in [2.45, 2.75) is 26.1 Å². The number of alkyl halides is 3. The van der Waals surface area contributed by atoms with Gasteiger partial charge in [0.25, 0.3) is 5.69 Å². The number of hydrogen-bond acceptors (Lipinski definition) is 5. The van der Waals surface area contributed by atoms with Gasteiger partial charge in [-0.15, -0.1) is 0 Å². The molecule has 0 unspecified atom stereocenters. The van der Waals surface area contributed by atoms with Gasteiger partial charge < -0.3 is 10.1 Å². The Balaban J connectivity index is 1.76. The number of aryl methyl sites for hydroxylation is 1. The second-order valence-electron chi connectivity index (χ2n) is 6.70. The molecule has 3 rings (SSSR count). The zero-order valence-corrected chi connectivity index (χ0v) is 18.7. The third-order valence-electron chi connectivity index (χ3n) is 4.38. The van der Waals surface area contributed by atoms with E-state index in [0.29, 0.717) is 6.54 Å². The first-order chi connectivity index (χ1) is 15.0. The maximum absolute atomic E-state index is 12.9. The topological polar surface area (TPSA) is 99.3 Å². The Bertz CT molecular complexity index is 1160. The summed E-state index contributed by atoms with van der Waals surface area (Å²) in [4.78, 5) is 22.9. The summed E-state index contributed by atoms with van der Waals surface area (Å²) in [7, 11) is 0. The number of hydrogen-bond donors (Lipinski definition) is 1. The summed E-state index contributed by atoms with van der Waals surface area (Å²) >= 11 is 2.13. The summed E-state index contributed by atoms with van der Waals surface area (Å²) in [5.74, 6) is -0.659. The van der Waals surface area contributed by atoms with Crippen LogP contribution in [0.2, 0.25) is 0 Å². The summed E-state index contributed by atoms with van der Waals surface area (Å²) in [6, 6.07) is 7.62. The van der Waals surface area contributed by atoms with Crippen LogP contribution in [-0.4, -0.2) is 20.6 Å². The minimum Gasteiger partial charge on any atom is -0.457 e. The van der Waals surface area contributed by atoms with Gasteiger partial charge in [0.1, 0.15) is 11.5 Å². The van der Waals surface area contributed by atoms with Crippen LogP contribution in [0.1, 0.15) is 17.7 Å². The molecule has 0 radical (unpaired) electrons. The van der Waals surface area contributed by atoms with Gasteiger partial charge in [-0.05, 0) is 47.7 Å². The number of ether oxygens (including phenoxy) is 1. The fourth-order valence-electron chi connectivity index (χ4n) is 2.77. The molecule has 12 heteroatoms. The number of nitrogens with zero attached hydrogens (tertiary/aromatic N) is 3. The predicted molar refractivity (Wildman–Crippen MR) is 118 cm³/mol. The van der Waals surface area contributed by atoms with Crippen LogP contribution in [0, 0.1) is 20.6 Å². The van der Waals surface area contributed by atoms with Crippen LogP contribution in [0.3, 0.4) is 0 Å². The normalized spacial score (nSPS) is 11.3. The standard InChI is InChI=1S/C20H16F3IN4O4/c1-12-18(24)11-25-27(12)6-5-19(29)26-14-8-15(28(30)31)10-17(9-14)32-16-4-2-3-13(7-16)20(21,22)23/h2-4,7-11H,5-6H2,1H3,(H,26,29). The van der Waals surface area contributed by atoms with Crippen LogP contribution in [0.5, 0.6) is 11.5 Å². The van der Waals surface area contributed by atoms with Gasteiger partial charge in [-0.25, -0.2) is 0 Å². The monoisotopic (exact) mass is 560 g/mol. The van der Waals surface area contributed by atoms with E-state index in [1.54, 1.807) is 10.9 Å². The highest BCUT2D eigenvalue weighted by molar-refractivity contribution is 14.1. The molecule has 0 bridgehead atoms. The number of nitro groups is 1. The van der Waals surface area contributed by atoms with Crippen molar-refractivity contribution in [2.75, 3.05) is 5.32 Å². The molecule has 2 aromatic carbocycles. The van der Waals surface area contributed by atoms with Crippen LogP contribution in [-0.2, 0) is 17.5 Å². The van der Waals surface area contributed by atoms with Gasteiger partial charge in [-0.1, -0.05) is 6.07 Å². The third kappa shape index (κ3) is 5.96. The molecule has 0 aliphatic rings. The highest BCUT2D eigenvalue weighted by Gasteiger charge is 2.30. The zero-order valence-electron chi connectivity index (χ0n) is 16.5. The molecule has 8 nitrogen and oxygen atoms in total. The molecule has 3 aromatic rings. The molecular weight excluding hydrogens is 544 g/mol. The summed E-state index contributed by atoms with van der Waals surface area (Å²) in [5, 5.41) is 18.0. The number of carbonyl (C=O) groups is 1. The van der Waals surface area contributed by atoms with Crippen molar-refractivity contribution in [3.63, 3.8) is 0 Å². The first kappa shape index (κ1) is 23.5. The Labute approximate surface area is 193 Å². The van der Waals surface area contributed by atoms with Gasteiger partial charge >= 0.3 is 6.18 Å². The Kier molecular flexibility index (Phi) is 7.01. The minimum atomic E-state index is -4.56. The second-order valence-corrected chi connectivity index (χ2v) is 7.86. The number of carbonyl (C=O) groups excluding carboxylic acids is 1. The fraction of sp³-hybridized carbons (Fsp3) is 0.200. The Morgan fingerprint density at radius 2 is 2.00 bits per heavy atom. The van der Waals surface area contributed by atoms with E-state index in [-0.39, 0.29) is 29.3 Å². The number of nitro benzene ring substituents is 1. The number of halogens is 4. The number of nitrogens with one attached hydrogen (secondary N) is 1. The molecule has 32 heavy (non-hydrogen) atoms. The van der Waals surface area contributed by atoms with Crippen molar-refractivity contribution in [3.8, 4) is 11.5 Å². The molecule has 0 spiro atoms. The molecule has 1 N–H and O–H groups in total. The molecule has 0 saturated carbocycles. The molecule has 0 fully saturated rings. The average molecular weight is 560 g/mol. The van der Waals surface area contributed by atoms with Gasteiger partial charge in [-0.2, -0.15) is 18.3 Å². The number of anilines is 1. The highest BCUT2D eigenvalue weighted by Crippen LogP contribution is 2.34. The van der Waals surface area contributed by atoms with E-state index in [9.17, 15) is 28.1 Å². The van der Waals surface area contributed by atoms with Gasteiger partial charge in [0, 0.05) is 24.2 Å². The lowest BCUT2D eigenvalue weighted by molar-refractivity contribution is -0.384. The third-order valence-corrected chi connectivity index (χ3v) is 5.44. The maximum Gasteiger partial charge on any atom is 0.416 e. The lowest BCUT2D eigenvalue weighted by Gasteiger charge is -2.12. The van der Waals surface area contributed by atoms with Crippen molar-refractivity contribution in [2.24, 2.45) is 0 Å². The summed E-state index contributed by atoms with van der Waals surface area (Å²) in [5.41, 5.74) is -0.316. The molecule has 0 aliphatic heterocycles. The molecule has 1 heterocycles. The number of aromatic nitrogens is 2. The lowest BCUT2D eigenvalue weighted by Crippen LogP contribution is -2.15. The van der Waals surface area contributed by atoms with E-state index in [1.165, 1.54) is 12.1 Å². The van der Waals surface area contributed by atoms with Crippen LogP contribution >= 0.6 is 22.6 Å². The van der Waals surface area contributed by atoms with Crippen molar-refractivity contribution >= 4 is 39.9 Å². The summed E-state index contributed by atoms with van der Waals surface area (Å²) < 4.78 is 46.7.